The van der Waals surface area contributed by atoms with Gasteiger partial charge in [0.15, 0.2) is 5.16 Å². The van der Waals surface area contributed by atoms with Gasteiger partial charge in [0.25, 0.3) is 0 Å². The molecule has 0 bridgehead atoms. The van der Waals surface area contributed by atoms with E-state index in [-0.39, 0.29) is 11.8 Å². The van der Waals surface area contributed by atoms with Gasteiger partial charge in [0.2, 0.25) is 5.88 Å². The number of thioether (sulfide) groups is 1. The number of pyridine rings is 3. The molecule has 7 heteroatoms. The Morgan fingerprint density at radius 2 is 1.47 bits per heavy atom. The summed E-state index contributed by atoms with van der Waals surface area (Å²) in [7, 11) is 1.62. The van der Waals surface area contributed by atoms with E-state index in [0.29, 0.717) is 5.88 Å². The van der Waals surface area contributed by atoms with Crippen molar-refractivity contribution in [3.8, 4) is 5.88 Å². The summed E-state index contributed by atoms with van der Waals surface area (Å²) in [6.45, 7) is 0. The molecule has 4 rings (SSSR count). The van der Waals surface area contributed by atoms with Crippen molar-refractivity contribution < 1.29 is 4.74 Å². The van der Waals surface area contributed by atoms with Crippen LogP contribution in [-0.2, 0) is 0 Å². The molecule has 4 heterocycles. The quantitative estimate of drug-likeness (QED) is 0.328. The molecule has 0 aromatic carbocycles. The average molecular weight is 416 g/mol. The highest BCUT2D eigenvalue weighted by Crippen LogP contribution is 2.41. The fourth-order valence-electron chi connectivity index (χ4n) is 3.53. The third-order valence-electron chi connectivity index (χ3n) is 4.85. The number of nitrogens with zero attached hydrogens (tertiary/aromatic N) is 5. The first-order valence-electron chi connectivity index (χ1n) is 9.48. The van der Waals surface area contributed by atoms with Gasteiger partial charge >= 0.3 is 0 Å². The fourth-order valence-corrected chi connectivity index (χ4v) is 3.90. The minimum Gasteiger partial charge on any atom is -0.481 e. The summed E-state index contributed by atoms with van der Waals surface area (Å²) < 4.78 is 5.40. The second-order valence-electron chi connectivity index (χ2n) is 6.60. The summed E-state index contributed by atoms with van der Waals surface area (Å²) >= 11 is 1.51. The molecular weight excluding hydrogens is 394 g/mol. The third kappa shape index (κ3) is 4.31. The molecule has 0 spiro atoms. The Kier molecular flexibility index (Phi) is 6.29. The van der Waals surface area contributed by atoms with Crippen molar-refractivity contribution in [2.24, 2.45) is 0 Å². The largest absolute Gasteiger partial charge is 0.481 e. The fraction of sp³-hybridized carbons (Fsp3) is 0.174. The predicted molar refractivity (Wildman–Crippen MR) is 117 cm³/mol. The number of rotatable bonds is 7. The standard InChI is InChI=1S/C23H21N5OS/c1-29-20-9-3-8-18(27-20)22(19-10-13-26-23(28-19)30-2)21(16-6-4-11-24-14-16)17-7-5-12-25-15-17/h3-15,21-22H,1-2H3. The van der Waals surface area contributed by atoms with E-state index in [4.69, 9.17) is 14.7 Å². The molecule has 0 amide bonds. The minimum absolute atomic E-state index is 0.0865. The van der Waals surface area contributed by atoms with Gasteiger partial charge in [-0.15, -0.1) is 0 Å². The molecule has 0 aliphatic carbocycles. The Hall–Kier alpha value is -3.32. The first-order valence-corrected chi connectivity index (χ1v) is 10.7. The van der Waals surface area contributed by atoms with E-state index in [1.165, 1.54) is 11.8 Å². The van der Waals surface area contributed by atoms with Crippen molar-refractivity contribution in [1.29, 1.82) is 0 Å². The summed E-state index contributed by atoms with van der Waals surface area (Å²) in [5, 5.41) is 0.719. The summed E-state index contributed by atoms with van der Waals surface area (Å²) in [5.41, 5.74) is 3.86. The first kappa shape index (κ1) is 20.0. The molecule has 0 aliphatic rings. The lowest BCUT2D eigenvalue weighted by Gasteiger charge is -2.27. The second-order valence-corrected chi connectivity index (χ2v) is 7.37. The van der Waals surface area contributed by atoms with Crippen molar-refractivity contribution in [1.82, 2.24) is 24.9 Å². The molecule has 0 radical (unpaired) electrons. The van der Waals surface area contributed by atoms with Crippen LogP contribution in [0.3, 0.4) is 0 Å². The molecule has 6 nitrogen and oxygen atoms in total. The molecule has 0 N–H and O–H groups in total. The zero-order valence-corrected chi connectivity index (χ0v) is 17.5. The van der Waals surface area contributed by atoms with Gasteiger partial charge in [0.1, 0.15) is 0 Å². The molecule has 0 saturated heterocycles. The monoisotopic (exact) mass is 415 g/mol. The molecule has 4 aromatic rings. The van der Waals surface area contributed by atoms with Crippen LogP contribution in [0.4, 0.5) is 0 Å². The molecule has 0 aliphatic heterocycles. The molecule has 30 heavy (non-hydrogen) atoms. The van der Waals surface area contributed by atoms with E-state index in [1.807, 2.05) is 55.0 Å². The lowest BCUT2D eigenvalue weighted by Crippen LogP contribution is -2.18. The Morgan fingerprint density at radius 3 is 2.07 bits per heavy atom. The highest BCUT2D eigenvalue weighted by molar-refractivity contribution is 7.98. The molecule has 4 aromatic heterocycles. The molecular formula is C23H21N5OS. The van der Waals surface area contributed by atoms with Gasteiger partial charge in [-0.25, -0.2) is 15.0 Å². The van der Waals surface area contributed by atoms with Crippen LogP contribution in [0.15, 0.2) is 84.7 Å². The van der Waals surface area contributed by atoms with E-state index < -0.39 is 0 Å². The van der Waals surface area contributed by atoms with Crippen LogP contribution >= 0.6 is 11.8 Å². The van der Waals surface area contributed by atoms with Crippen LogP contribution in [0.25, 0.3) is 0 Å². The number of ether oxygens (including phenoxy) is 1. The summed E-state index contributed by atoms with van der Waals surface area (Å²) in [6, 6.07) is 15.8. The number of hydrogen-bond acceptors (Lipinski definition) is 7. The van der Waals surface area contributed by atoms with Crippen molar-refractivity contribution in [3.63, 3.8) is 0 Å². The number of aromatic nitrogens is 5. The van der Waals surface area contributed by atoms with Gasteiger partial charge in [0, 0.05) is 43.0 Å². The van der Waals surface area contributed by atoms with Crippen LogP contribution in [-0.4, -0.2) is 38.3 Å². The van der Waals surface area contributed by atoms with Crippen molar-refractivity contribution in [2.75, 3.05) is 13.4 Å². The van der Waals surface area contributed by atoms with Crippen LogP contribution in [0.1, 0.15) is 34.4 Å². The Balaban J connectivity index is 1.95. The Morgan fingerprint density at radius 1 is 0.767 bits per heavy atom. The maximum Gasteiger partial charge on any atom is 0.213 e. The normalized spacial score (nSPS) is 12.0. The van der Waals surface area contributed by atoms with Crippen molar-refractivity contribution in [2.45, 2.75) is 17.0 Å². The minimum atomic E-state index is -0.178. The van der Waals surface area contributed by atoms with Crippen molar-refractivity contribution >= 4 is 11.8 Å². The van der Waals surface area contributed by atoms with Crippen LogP contribution < -0.4 is 4.74 Å². The maximum atomic E-state index is 5.40. The van der Waals surface area contributed by atoms with E-state index in [9.17, 15) is 0 Å². The third-order valence-corrected chi connectivity index (χ3v) is 5.41. The lowest BCUT2D eigenvalue weighted by molar-refractivity contribution is 0.395. The highest BCUT2D eigenvalue weighted by atomic mass is 32.2. The average Bonchev–Trinajstić information content (AvgIpc) is 2.83. The Labute approximate surface area is 179 Å². The number of hydrogen-bond donors (Lipinski definition) is 0. The van der Waals surface area contributed by atoms with Crippen LogP contribution in [0.2, 0.25) is 0 Å². The van der Waals surface area contributed by atoms with Gasteiger partial charge < -0.3 is 4.74 Å². The van der Waals surface area contributed by atoms with E-state index in [0.717, 1.165) is 27.7 Å². The van der Waals surface area contributed by atoms with Gasteiger partial charge in [-0.2, -0.15) is 0 Å². The van der Waals surface area contributed by atoms with Gasteiger partial charge in [-0.1, -0.05) is 30.0 Å². The zero-order valence-electron chi connectivity index (χ0n) is 16.7. The maximum absolute atomic E-state index is 5.40. The van der Waals surface area contributed by atoms with Gasteiger partial charge in [-0.05, 0) is 41.6 Å². The molecule has 150 valence electrons. The SMILES string of the molecule is COc1cccc(C(c2ccnc(SC)n2)C(c2cccnc2)c2cccnc2)n1. The summed E-state index contributed by atoms with van der Waals surface area (Å²) in [5.74, 6) is 0.298. The molecule has 1 atom stereocenters. The zero-order chi connectivity index (χ0) is 20.8. The second kappa shape index (κ2) is 9.45. The van der Waals surface area contributed by atoms with E-state index in [2.05, 4.69) is 27.1 Å². The van der Waals surface area contributed by atoms with E-state index in [1.54, 1.807) is 25.7 Å². The molecule has 1 unspecified atom stereocenters. The number of methoxy groups -OCH3 is 1. The first-order chi connectivity index (χ1) is 14.8. The summed E-state index contributed by atoms with van der Waals surface area (Å²) in [4.78, 5) is 22.7. The lowest BCUT2D eigenvalue weighted by atomic mass is 9.78. The predicted octanol–water partition coefficient (Wildman–Crippen LogP) is 4.36. The van der Waals surface area contributed by atoms with Gasteiger partial charge in [-0.3, -0.25) is 9.97 Å². The van der Waals surface area contributed by atoms with E-state index >= 15 is 0 Å². The smallest absolute Gasteiger partial charge is 0.213 e. The Bertz CT molecular complexity index is 1010. The van der Waals surface area contributed by atoms with Crippen LogP contribution in [0, 0.1) is 0 Å². The van der Waals surface area contributed by atoms with Crippen LogP contribution in [0.5, 0.6) is 5.88 Å². The van der Waals surface area contributed by atoms with Crippen molar-refractivity contribution in [3.05, 3.63) is 102 Å². The molecule has 0 saturated carbocycles. The summed E-state index contributed by atoms with van der Waals surface area (Å²) in [6.07, 6.45) is 11.1. The molecule has 0 fully saturated rings. The van der Waals surface area contributed by atoms with Gasteiger partial charge in [0.05, 0.1) is 24.4 Å². The highest BCUT2D eigenvalue weighted by Gasteiger charge is 2.31. The topological polar surface area (TPSA) is 73.7 Å².